The number of aliphatic hydroxyl groups is 1. The third-order valence-electron chi connectivity index (χ3n) is 5.41. The van der Waals surface area contributed by atoms with Crippen LogP contribution in [0.1, 0.15) is 22.8 Å². The van der Waals surface area contributed by atoms with Crippen LogP contribution in [0.25, 0.3) is 5.65 Å². The van der Waals surface area contributed by atoms with Crippen LogP contribution in [0, 0.1) is 0 Å². The van der Waals surface area contributed by atoms with Gasteiger partial charge in [0.15, 0.2) is 5.65 Å². The summed E-state index contributed by atoms with van der Waals surface area (Å²) in [6.45, 7) is 4.67. The molecule has 3 aromatic rings. The van der Waals surface area contributed by atoms with Crippen LogP contribution in [0.3, 0.4) is 0 Å². The molecule has 5 rings (SSSR count). The van der Waals surface area contributed by atoms with Gasteiger partial charge in [-0.1, -0.05) is 0 Å². The van der Waals surface area contributed by atoms with E-state index in [0.717, 1.165) is 30.1 Å². The topological polar surface area (TPSA) is 101 Å². The third kappa shape index (κ3) is 3.46. The number of nitrogens with zero attached hydrogens (tertiary/aromatic N) is 4. The second-order valence-corrected chi connectivity index (χ2v) is 7.94. The van der Waals surface area contributed by atoms with Gasteiger partial charge >= 0.3 is 0 Å². The van der Waals surface area contributed by atoms with Crippen molar-refractivity contribution in [1.29, 1.82) is 0 Å². The largest absolute Gasteiger partial charge is 0.490 e. The van der Waals surface area contributed by atoms with Crippen molar-refractivity contribution >= 4 is 22.9 Å². The zero-order chi connectivity index (χ0) is 20.7. The lowest BCUT2D eigenvalue weighted by Gasteiger charge is -2.34. The SMILES string of the molecule is C[C@@]1(O)COc2cc(N3CCOCC3)c(NC(=O)c3cnn4cccnc34)cc2C1. The number of carbonyl (C=O) groups excluding carboxylic acids is 1. The van der Waals surface area contributed by atoms with Gasteiger partial charge < -0.3 is 24.8 Å². The first-order valence-electron chi connectivity index (χ1n) is 9.95. The van der Waals surface area contributed by atoms with Crippen molar-refractivity contribution in [3.05, 3.63) is 47.9 Å². The number of anilines is 2. The van der Waals surface area contributed by atoms with E-state index in [-0.39, 0.29) is 12.5 Å². The van der Waals surface area contributed by atoms with Crippen LogP contribution in [-0.2, 0) is 11.2 Å². The fourth-order valence-corrected chi connectivity index (χ4v) is 3.92. The van der Waals surface area contributed by atoms with Crippen molar-refractivity contribution in [3.63, 3.8) is 0 Å². The van der Waals surface area contributed by atoms with Crippen LogP contribution in [0.2, 0.25) is 0 Å². The Morgan fingerprint density at radius 1 is 1.30 bits per heavy atom. The minimum atomic E-state index is -0.943. The van der Waals surface area contributed by atoms with E-state index >= 15 is 0 Å². The molecule has 0 saturated carbocycles. The van der Waals surface area contributed by atoms with Gasteiger partial charge in [-0.2, -0.15) is 5.10 Å². The second kappa shape index (κ2) is 7.26. The van der Waals surface area contributed by atoms with E-state index < -0.39 is 5.60 Å². The number of morpholine rings is 1. The van der Waals surface area contributed by atoms with Crippen molar-refractivity contribution in [1.82, 2.24) is 14.6 Å². The first kappa shape index (κ1) is 18.8. The number of carbonyl (C=O) groups is 1. The summed E-state index contributed by atoms with van der Waals surface area (Å²) in [6, 6.07) is 5.60. The Bertz CT molecular complexity index is 1100. The lowest BCUT2D eigenvalue weighted by molar-refractivity contribution is -0.000566. The van der Waals surface area contributed by atoms with E-state index in [1.54, 1.807) is 29.9 Å². The Labute approximate surface area is 173 Å². The summed E-state index contributed by atoms with van der Waals surface area (Å²) in [4.78, 5) is 19.5. The molecule has 0 bridgehead atoms. The number of hydrogen-bond donors (Lipinski definition) is 2. The average Bonchev–Trinajstić information content (AvgIpc) is 3.17. The molecule has 1 amide bonds. The zero-order valence-corrected chi connectivity index (χ0v) is 16.7. The zero-order valence-electron chi connectivity index (χ0n) is 16.7. The Kier molecular flexibility index (Phi) is 4.56. The summed E-state index contributed by atoms with van der Waals surface area (Å²) in [5, 5.41) is 17.6. The lowest BCUT2D eigenvalue weighted by atomic mass is 9.93. The summed E-state index contributed by atoms with van der Waals surface area (Å²) < 4.78 is 12.9. The number of hydrogen-bond acceptors (Lipinski definition) is 7. The molecule has 2 aliphatic rings. The van der Waals surface area contributed by atoms with Gasteiger partial charge in [0, 0.05) is 38.0 Å². The molecule has 9 nitrogen and oxygen atoms in total. The Morgan fingerprint density at radius 2 is 2.13 bits per heavy atom. The molecule has 2 aromatic heterocycles. The molecule has 9 heteroatoms. The monoisotopic (exact) mass is 409 g/mol. The van der Waals surface area contributed by atoms with Gasteiger partial charge in [-0.15, -0.1) is 0 Å². The maximum Gasteiger partial charge on any atom is 0.261 e. The van der Waals surface area contributed by atoms with Crippen LogP contribution >= 0.6 is 0 Å². The van der Waals surface area contributed by atoms with Gasteiger partial charge in [0.2, 0.25) is 0 Å². The summed E-state index contributed by atoms with van der Waals surface area (Å²) in [5.41, 5.74) is 2.34. The van der Waals surface area contributed by atoms with Crippen molar-refractivity contribution in [2.45, 2.75) is 18.9 Å². The molecule has 1 saturated heterocycles. The summed E-state index contributed by atoms with van der Waals surface area (Å²) in [7, 11) is 0. The molecule has 30 heavy (non-hydrogen) atoms. The van der Waals surface area contributed by atoms with Gasteiger partial charge in [0.05, 0.1) is 36.4 Å². The number of rotatable bonds is 3. The molecular formula is C21H23N5O4. The molecule has 2 N–H and O–H groups in total. The summed E-state index contributed by atoms with van der Waals surface area (Å²) >= 11 is 0. The molecule has 0 radical (unpaired) electrons. The standard InChI is InChI=1S/C21H23N5O4/c1-21(28)11-14-9-16(17(10-18(14)30-13-21)25-5-7-29-8-6-25)24-20(27)15-12-23-26-4-2-3-22-19(15)26/h2-4,9-10,12,28H,5-8,11,13H2,1H3,(H,24,27)/t21-/m0/s1. The van der Waals surface area contributed by atoms with Gasteiger partial charge in [-0.3, -0.25) is 4.79 Å². The number of aromatic nitrogens is 3. The highest BCUT2D eigenvalue weighted by Crippen LogP contribution is 2.39. The van der Waals surface area contributed by atoms with Crippen molar-refractivity contribution < 1.29 is 19.4 Å². The molecular weight excluding hydrogens is 386 g/mol. The van der Waals surface area contributed by atoms with Crippen LogP contribution < -0.4 is 15.0 Å². The molecule has 156 valence electrons. The molecule has 1 fully saturated rings. The van der Waals surface area contributed by atoms with Crippen LogP contribution in [-0.4, -0.2) is 64.1 Å². The number of ether oxygens (including phenoxy) is 2. The van der Waals surface area contributed by atoms with Gasteiger partial charge in [0.1, 0.15) is 17.9 Å². The summed E-state index contributed by atoms with van der Waals surface area (Å²) in [6.07, 6.45) is 5.34. The number of fused-ring (bicyclic) bond motifs is 2. The van der Waals surface area contributed by atoms with E-state index in [4.69, 9.17) is 9.47 Å². The quantitative estimate of drug-likeness (QED) is 0.676. The number of benzene rings is 1. The lowest BCUT2D eigenvalue weighted by Crippen LogP contribution is -2.39. The van der Waals surface area contributed by atoms with E-state index in [2.05, 4.69) is 20.3 Å². The van der Waals surface area contributed by atoms with Crippen LogP contribution in [0.4, 0.5) is 11.4 Å². The van der Waals surface area contributed by atoms with Gasteiger partial charge in [-0.05, 0) is 24.6 Å². The maximum absolute atomic E-state index is 13.1. The normalized spacial score (nSPS) is 21.2. The van der Waals surface area contributed by atoms with Gasteiger partial charge in [0.25, 0.3) is 5.91 Å². The van der Waals surface area contributed by atoms with E-state index in [1.165, 1.54) is 6.20 Å². The van der Waals surface area contributed by atoms with E-state index in [9.17, 15) is 9.90 Å². The average molecular weight is 409 g/mol. The second-order valence-electron chi connectivity index (χ2n) is 7.94. The fourth-order valence-electron chi connectivity index (χ4n) is 3.92. The first-order valence-corrected chi connectivity index (χ1v) is 9.95. The third-order valence-corrected chi connectivity index (χ3v) is 5.41. The smallest absolute Gasteiger partial charge is 0.261 e. The van der Waals surface area contributed by atoms with Crippen molar-refractivity contribution in [2.75, 3.05) is 43.1 Å². The highest BCUT2D eigenvalue weighted by Gasteiger charge is 2.31. The molecule has 1 atom stereocenters. The number of nitrogens with one attached hydrogen (secondary N) is 1. The summed E-state index contributed by atoms with van der Waals surface area (Å²) in [5.74, 6) is 0.445. The van der Waals surface area contributed by atoms with Crippen LogP contribution in [0.5, 0.6) is 5.75 Å². The predicted octanol–water partition coefficient (Wildman–Crippen LogP) is 1.50. The Hall–Kier alpha value is -3.17. The first-order chi connectivity index (χ1) is 14.5. The predicted molar refractivity (Wildman–Crippen MR) is 110 cm³/mol. The van der Waals surface area contributed by atoms with E-state index in [1.807, 2.05) is 12.1 Å². The van der Waals surface area contributed by atoms with Crippen molar-refractivity contribution in [3.8, 4) is 5.75 Å². The van der Waals surface area contributed by atoms with Crippen LogP contribution in [0.15, 0.2) is 36.8 Å². The maximum atomic E-state index is 13.1. The highest BCUT2D eigenvalue weighted by molar-refractivity contribution is 6.09. The van der Waals surface area contributed by atoms with E-state index in [0.29, 0.717) is 36.5 Å². The van der Waals surface area contributed by atoms with Crippen molar-refractivity contribution in [2.24, 2.45) is 0 Å². The molecule has 2 aliphatic heterocycles. The molecule has 0 aliphatic carbocycles. The fraction of sp³-hybridized carbons (Fsp3) is 0.381. The Balaban J connectivity index is 1.52. The molecule has 0 unspecified atom stereocenters. The highest BCUT2D eigenvalue weighted by atomic mass is 16.5. The molecule has 0 spiro atoms. The molecule has 1 aromatic carbocycles. The molecule has 4 heterocycles. The minimum Gasteiger partial charge on any atom is -0.490 e. The minimum absolute atomic E-state index is 0.238. The Morgan fingerprint density at radius 3 is 2.97 bits per heavy atom. The van der Waals surface area contributed by atoms with Gasteiger partial charge in [-0.25, -0.2) is 9.50 Å². The number of amides is 1.